The third-order valence-electron chi connectivity index (χ3n) is 10.5. The molecule has 0 saturated carbocycles. The fourth-order valence-corrected chi connectivity index (χ4v) is 9.51. The second-order valence-corrected chi connectivity index (χ2v) is 20.2. The summed E-state index contributed by atoms with van der Waals surface area (Å²) < 4.78 is 135. The van der Waals surface area contributed by atoms with Gasteiger partial charge in [0.05, 0.1) is 42.4 Å². The molecule has 0 aliphatic carbocycles. The van der Waals surface area contributed by atoms with E-state index < -0.39 is 40.5 Å². The summed E-state index contributed by atoms with van der Waals surface area (Å²) in [6.07, 6.45) is 6.92. The van der Waals surface area contributed by atoms with E-state index in [2.05, 4.69) is 9.97 Å². The topological polar surface area (TPSA) is 275 Å². The second kappa shape index (κ2) is 17.5. The fraction of sp³-hybridized carbons (Fsp3) is 0. The summed E-state index contributed by atoms with van der Waals surface area (Å²) in [4.78, 5) is 15.6. The number of hydrogen-bond acceptors (Lipinski definition) is 10. The third kappa shape index (κ3) is 9.24. The van der Waals surface area contributed by atoms with E-state index in [4.69, 9.17) is 9.97 Å². The zero-order valence-electron chi connectivity index (χ0n) is 33.2. The minimum Gasteiger partial charge on any atom is -1.00 e. The Balaban J connectivity index is 0.00000324. The van der Waals surface area contributed by atoms with Crippen LogP contribution in [0.1, 0.15) is 22.8 Å². The standard InChI is InChI=1S/C44H30N4O12S4.2ClH/c49-61(50,51)29-9-1-25(2-10-29)41-33-17-19-35(45-33)42(26-3-11-30(12-4-26)62(52,53)54)37-21-23-39(47-37)44(28-7-15-32(16-8-28)64(58,59)60)40-24-22-38(48-40)43(36-20-18-34(41)46-36)27-5-13-31(14-6-27)63(55,56)57;;/h1-24,45,48H,(H,49,50,51)(H,52,53,54)(H,55,56,57)(H,58,59,60);2*1H/p-2. The first kappa shape index (κ1) is 47.7. The molecule has 7 aromatic rings. The molecule has 2 aliphatic heterocycles. The van der Waals surface area contributed by atoms with Gasteiger partial charge in [-0.25, -0.2) is 9.97 Å². The van der Waals surface area contributed by atoms with E-state index in [0.29, 0.717) is 89.4 Å². The van der Waals surface area contributed by atoms with Crippen LogP contribution >= 0.6 is 0 Å². The van der Waals surface area contributed by atoms with Crippen LogP contribution in [0, 0.1) is 0 Å². The van der Waals surface area contributed by atoms with Gasteiger partial charge in [0.1, 0.15) is 0 Å². The van der Waals surface area contributed by atoms with Crippen molar-refractivity contribution >= 4 is 86.8 Å². The Morgan fingerprint density at radius 2 is 0.485 bits per heavy atom. The predicted octanol–water partition coefficient (Wildman–Crippen LogP) is 2.32. The van der Waals surface area contributed by atoms with E-state index >= 15 is 0 Å². The molecule has 338 valence electrons. The molecule has 5 heterocycles. The van der Waals surface area contributed by atoms with Crippen molar-refractivity contribution in [3.05, 3.63) is 144 Å². The number of benzene rings is 4. The molecule has 22 heteroatoms. The largest absolute Gasteiger partial charge is 1.00 e. The molecule has 8 bridgehead atoms. The molecular formula is C44H30Cl2N4O12S4-2. The van der Waals surface area contributed by atoms with Crippen LogP contribution in [0.4, 0.5) is 0 Å². The van der Waals surface area contributed by atoms with Gasteiger partial charge in [0.25, 0.3) is 40.5 Å². The number of halogens is 2. The lowest BCUT2D eigenvalue weighted by molar-refractivity contribution is -0.001000. The number of fused-ring (bicyclic) bond motifs is 8. The molecule has 66 heavy (non-hydrogen) atoms. The fourth-order valence-electron chi connectivity index (χ4n) is 7.59. The molecular weight excluding hydrogens is 976 g/mol. The summed E-state index contributed by atoms with van der Waals surface area (Å²) in [6.45, 7) is 0. The van der Waals surface area contributed by atoms with Crippen LogP contribution in [0.5, 0.6) is 0 Å². The number of aromatic nitrogens is 4. The number of nitrogens with zero attached hydrogens (tertiary/aromatic N) is 2. The van der Waals surface area contributed by atoms with Gasteiger partial charge in [-0.3, -0.25) is 18.2 Å². The summed E-state index contributed by atoms with van der Waals surface area (Å²) in [6, 6.07) is 29.0. The van der Waals surface area contributed by atoms with Gasteiger partial charge in [0.2, 0.25) is 0 Å². The maximum Gasteiger partial charge on any atom is 0.294 e. The normalized spacial score (nSPS) is 12.7. The average molecular weight is 1010 g/mol. The van der Waals surface area contributed by atoms with Gasteiger partial charge in [-0.15, -0.1) is 0 Å². The molecule has 16 nitrogen and oxygen atoms in total. The lowest BCUT2D eigenvalue weighted by Gasteiger charge is -2.08. The molecule has 0 fully saturated rings. The van der Waals surface area contributed by atoms with E-state index in [-0.39, 0.29) is 44.4 Å². The number of nitrogens with one attached hydrogen (secondary N) is 2. The highest BCUT2D eigenvalue weighted by atomic mass is 35.5. The van der Waals surface area contributed by atoms with Crippen LogP contribution in [0.3, 0.4) is 0 Å². The summed E-state index contributed by atoms with van der Waals surface area (Å²) in [5.74, 6) is 0. The molecule has 4 aromatic carbocycles. The second-order valence-electron chi connectivity index (χ2n) is 14.5. The predicted molar refractivity (Wildman–Crippen MR) is 240 cm³/mol. The van der Waals surface area contributed by atoms with Gasteiger partial charge >= 0.3 is 0 Å². The van der Waals surface area contributed by atoms with Gasteiger partial charge < -0.3 is 34.8 Å². The minimum absolute atomic E-state index is 0. The Labute approximate surface area is 389 Å². The van der Waals surface area contributed by atoms with Crippen LogP contribution in [0.2, 0.25) is 0 Å². The third-order valence-corrected chi connectivity index (χ3v) is 14.0. The molecule has 0 atom stereocenters. The first-order valence-electron chi connectivity index (χ1n) is 18.7. The van der Waals surface area contributed by atoms with Gasteiger partial charge in [0, 0.05) is 44.3 Å². The number of rotatable bonds is 8. The number of hydrogen-bond donors (Lipinski definition) is 6. The van der Waals surface area contributed by atoms with Crippen LogP contribution in [0.15, 0.2) is 141 Å². The highest BCUT2D eigenvalue weighted by molar-refractivity contribution is 7.86. The summed E-state index contributed by atoms with van der Waals surface area (Å²) in [7, 11) is -18.2. The van der Waals surface area contributed by atoms with Crippen LogP contribution < -0.4 is 24.8 Å². The SMILES string of the molecule is O=S(=O)(O)c1ccc(-c2c3nc(c(-c4ccc(S(=O)(=O)O)cc4)c4ccc([nH]4)c(-c4ccc(S(=O)(=O)O)cc4)c4nc(c(-c5ccc(S(=O)(=O)O)cc5)c5ccc2[nH]5)C=C4)C=C3)cc1.[Cl-].[Cl-]. The van der Waals surface area contributed by atoms with Crippen LogP contribution in [-0.2, 0) is 40.5 Å². The maximum atomic E-state index is 12.0. The van der Waals surface area contributed by atoms with E-state index in [1.54, 1.807) is 48.6 Å². The molecule has 0 spiro atoms. The number of aromatic amines is 2. The van der Waals surface area contributed by atoms with Gasteiger partial charge in [-0.05, 0) is 119 Å². The van der Waals surface area contributed by atoms with Gasteiger partial charge in [-0.2, -0.15) is 33.7 Å². The zero-order chi connectivity index (χ0) is 45.3. The van der Waals surface area contributed by atoms with Crippen LogP contribution in [-0.4, -0.2) is 71.8 Å². The van der Waals surface area contributed by atoms with Crippen LogP contribution in [0.25, 0.3) is 90.9 Å². The maximum absolute atomic E-state index is 12.0. The first-order chi connectivity index (χ1) is 30.2. The lowest BCUT2D eigenvalue weighted by Crippen LogP contribution is -3.00. The monoisotopic (exact) mass is 1000 g/mol. The van der Waals surface area contributed by atoms with Gasteiger partial charge in [-0.1, -0.05) is 48.5 Å². The number of H-pyrrole nitrogens is 2. The van der Waals surface area contributed by atoms with Crippen molar-refractivity contribution in [3.63, 3.8) is 0 Å². The van der Waals surface area contributed by atoms with Crippen molar-refractivity contribution in [1.82, 2.24) is 19.9 Å². The first-order valence-corrected chi connectivity index (χ1v) is 24.5. The van der Waals surface area contributed by atoms with Crippen molar-refractivity contribution in [2.45, 2.75) is 19.6 Å². The zero-order valence-corrected chi connectivity index (χ0v) is 38.0. The molecule has 0 amide bonds. The highest BCUT2D eigenvalue weighted by Crippen LogP contribution is 2.39. The smallest absolute Gasteiger partial charge is 0.294 e. The molecule has 0 unspecified atom stereocenters. The molecule has 0 radical (unpaired) electrons. The van der Waals surface area contributed by atoms with E-state index in [1.807, 2.05) is 0 Å². The van der Waals surface area contributed by atoms with Crippen molar-refractivity contribution in [2.24, 2.45) is 0 Å². The van der Waals surface area contributed by atoms with Crippen molar-refractivity contribution in [1.29, 1.82) is 0 Å². The minimum atomic E-state index is -4.55. The summed E-state index contributed by atoms with van der Waals surface area (Å²) in [5.41, 5.74) is 7.41. The molecule has 6 N–H and O–H groups in total. The van der Waals surface area contributed by atoms with Gasteiger partial charge in [0.15, 0.2) is 0 Å². The van der Waals surface area contributed by atoms with Crippen molar-refractivity contribution in [2.75, 3.05) is 0 Å². The molecule has 3 aromatic heterocycles. The average Bonchev–Trinajstić information content (AvgIpc) is 4.08. The Hall–Kier alpha value is -6.30. The van der Waals surface area contributed by atoms with E-state index in [1.165, 1.54) is 97.1 Å². The molecule has 0 saturated heterocycles. The molecule has 2 aliphatic rings. The Morgan fingerprint density at radius 3 is 0.652 bits per heavy atom. The lowest BCUT2D eigenvalue weighted by atomic mass is 10.0. The Kier molecular flexibility index (Phi) is 12.6. The van der Waals surface area contributed by atoms with E-state index in [0.717, 1.165) is 0 Å². The Morgan fingerprint density at radius 1 is 0.303 bits per heavy atom. The van der Waals surface area contributed by atoms with Crippen molar-refractivity contribution < 1.29 is 76.7 Å². The van der Waals surface area contributed by atoms with E-state index in [9.17, 15) is 51.9 Å². The van der Waals surface area contributed by atoms with Crippen molar-refractivity contribution in [3.8, 4) is 44.5 Å². The molecule has 9 rings (SSSR count). The summed E-state index contributed by atoms with van der Waals surface area (Å²) in [5, 5.41) is 0. The Bertz CT molecular complexity index is 3310. The quantitative estimate of drug-likeness (QED) is 0.119. The highest BCUT2D eigenvalue weighted by Gasteiger charge is 2.21. The summed E-state index contributed by atoms with van der Waals surface area (Å²) >= 11 is 0.